The van der Waals surface area contributed by atoms with E-state index in [1.807, 2.05) is 38.2 Å². The van der Waals surface area contributed by atoms with E-state index in [9.17, 15) is 5.26 Å². The van der Waals surface area contributed by atoms with Gasteiger partial charge in [-0.15, -0.1) is 11.6 Å². The van der Waals surface area contributed by atoms with Gasteiger partial charge in [0.2, 0.25) is 8.32 Å². The minimum absolute atomic E-state index is 0.510. The maximum atomic E-state index is 9.33. The minimum atomic E-state index is -1.93. The molecule has 0 spiro atoms. The number of nitriles is 1. The van der Waals surface area contributed by atoms with Crippen LogP contribution in [-0.4, -0.2) is 19.4 Å². The minimum Gasteiger partial charge on any atom is -0.399 e. The fourth-order valence-electron chi connectivity index (χ4n) is 1.79. The van der Waals surface area contributed by atoms with Crippen LogP contribution < -0.4 is 0 Å². The van der Waals surface area contributed by atoms with E-state index in [4.69, 9.17) is 16.0 Å². The molecule has 0 unspecified atom stereocenters. The highest BCUT2D eigenvalue weighted by Crippen LogP contribution is 2.23. The number of hydrogen-bond acceptors (Lipinski definition) is 2. The molecule has 0 aliphatic heterocycles. The molecule has 0 fully saturated rings. The van der Waals surface area contributed by atoms with E-state index < -0.39 is 13.9 Å². The van der Waals surface area contributed by atoms with Gasteiger partial charge in [0.1, 0.15) is 5.60 Å². The average molecular weight is 282 g/mol. The fraction of sp³-hybridized carbons (Fsp3) is 0.500. The van der Waals surface area contributed by atoms with Gasteiger partial charge in [0.15, 0.2) is 0 Å². The lowest BCUT2D eigenvalue weighted by atomic mass is 9.98. The monoisotopic (exact) mass is 281 g/mol. The van der Waals surface area contributed by atoms with Crippen LogP contribution in [0, 0.1) is 11.3 Å². The third-order valence-corrected chi connectivity index (χ3v) is 6.37. The fourth-order valence-corrected chi connectivity index (χ4v) is 3.38. The van der Waals surface area contributed by atoms with Crippen molar-refractivity contribution in [3.05, 3.63) is 35.9 Å². The molecule has 4 heteroatoms. The second-order valence-electron chi connectivity index (χ2n) is 5.32. The van der Waals surface area contributed by atoms with Crippen LogP contribution in [-0.2, 0) is 10.8 Å². The molecular weight excluding hydrogens is 262 g/mol. The second kappa shape index (κ2) is 6.37. The molecule has 0 saturated heterocycles. The van der Waals surface area contributed by atoms with Gasteiger partial charge >= 0.3 is 0 Å². The average Bonchev–Trinajstić information content (AvgIpc) is 2.37. The van der Waals surface area contributed by atoms with Crippen LogP contribution >= 0.6 is 11.6 Å². The molecule has 0 bridgehead atoms. The molecule has 1 rings (SSSR count). The van der Waals surface area contributed by atoms with E-state index >= 15 is 0 Å². The van der Waals surface area contributed by atoms with Gasteiger partial charge in [-0.3, -0.25) is 0 Å². The van der Waals surface area contributed by atoms with Gasteiger partial charge in [0, 0.05) is 5.50 Å². The second-order valence-corrected chi connectivity index (χ2v) is 10.1. The Kier molecular flexibility index (Phi) is 5.40. The van der Waals surface area contributed by atoms with Crippen LogP contribution in [0.25, 0.3) is 0 Å². The molecule has 98 valence electrons. The van der Waals surface area contributed by atoms with E-state index in [0.29, 0.717) is 11.9 Å². The van der Waals surface area contributed by atoms with Crippen LogP contribution in [0.4, 0.5) is 0 Å². The lowest BCUT2D eigenvalue weighted by molar-refractivity contribution is 0.130. The molecular formula is C14H20ClNOSi. The summed E-state index contributed by atoms with van der Waals surface area (Å²) in [6.07, 6.45) is 1.54. The molecule has 1 aromatic rings. The molecule has 1 aromatic carbocycles. The van der Waals surface area contributed by atoms with Gasteiger partial charge in [-0.2, -0.15) is 5.26 Å². The number of aryl methyl sites for hydroxylation is 1. The van der Waals surface area contributed by atoms with E-state index in [1.165, 1.54) is 5.56 Å². The van der Waals surface area contributed by atoms with Gasteiger partial charge < -0.3 is 4.43 Å². The summed E-state index contributed by atoms with van der Waals surface area (Å²) in [5.74, 6) is 0. The highest BCUT2D eigenvalue weighted by molar-refractivity contribution is 6.77. The largest absolute Gasteiger partial charge is 0.399 e. The summed E-state index contributed by atoms with van der Waals surface area (Å²) in [7, 11) is -1.93. The summed E-state index contributed by atoms with van der Waals surface area (Å²) in [5.41, 5.74) is 1.00. The summed E-state index contributed by atoms with van der Waals surface area (Å²) in [6, 6.07) is 12.5. The Hall–Kier alpha value is -0.823. The van der Waals surface area contributed by atoms with Crippen molar-refractivity contribution < 1.29 is 4.43 Å². The lowest BCUT2D eigenvalue weighted by Gasteiger charge is -2.31. The standard InChI is InChI=1S/C14H20ClNOSi/c1-14(11-16,17-18(2,3)12-15)10-9-13-7-5-4-6-8-13/h4-8H,9-10,12H2,1-3H3/t14-/m0/s1. The van der Waals surface area contributed by atoms with Crippen LogP contribution in [0.15, 0.2) is 30.3 Å². The third kappa shape index (κ3) is 4.81. The maximum absolute atomic E-state index is 9.33. The first kappa shape index (κ1) is 15.2. The zero-order valence-corrected chi connectivity index (χ0v) is 13.0. The molecule has 0 radical (unpaired) electrons. The Labute approximate surface area is 116 Å². The number of benzene rings is 1. The maximum Gasteiger partial charge on any atom is 0.203 e. The Morgan fingerprint density at radius 3 is 2.44 bits per heavy atom. The van der Waals surface area contributed by atoms with E-state index in [0.717, 1.165) is 6.42 Å². The van der Waals surface area contributed by atoms with Crippen molar-refractivity contribution in [2.75, 3.05) is 5.50 Å². The predicted molar refractivity (Wildman–Crippen MR) is 78.1 cm³/mol. The van der Waals surface area contributed by atoms with Crippen LogP contribution in [0.3, 0.4) is 0 Å². The van der Waals surface area contributed by atoms with Crippen molar-refractivity contribution in [2.45, 2.75) is 38.5 Å². The Bertz CT molecular complexity index is 416. The summed E-state index contributed by atoms with van der Waals surface area (Å²) in [6.45, 7) is 5.94. The first-order valence-electron chi connectivity index (χ1n) is 6.12. The number of alkyl halides is 1. The van der Waals surface area contributed by atoms with Crippen molar-refractivity contribution >= 4 is 19.9 Å². The predicted octanol–water partition coefficient (Wildman–Crippen LogP) is 3.90. The van der Waals surface area contributed by atoms with E-state index in [2.05, 4.69) is 18.2 Å². The third-order valence-electron chi connectivity index (χ3n) is 2.79. The van der Waals surface area contributed by atoms with Crippen molar-refractivity contribution in [2.24, 2.45) is 0 Å². The van der Waals surface area contributed by atoms with Crippen molar-refractivity contribution in [1.29, 1.82) is 5.26 Å². The molecule has 0 aromatic heterocycles. The normalized spacial score (nSPS) is 14.8. The lowest BCUT2D eigenvalue weighted by Crippen LogP contribution is -2.44. The van der Waals surface area contributed by atoms with Crippen molar-refractivity contribution in [3.8, 4) is 6.07 Å². The van der Waals surface area contributed by atoms with Gasteiger partial charge in [0.25, 0.3) is 0 Å². The molecule has 2 nitrogen and oxygen atoms in total. The van der Waals surface area contributed by atoms with E-state index in [-0.39, 0.29) is 0 Å². The summed E-state index contributed by atoms with van der Waals surface area (Å²) >= 11 is 5.90. The molecule has 0 heterocycles. The SMILES string of the molecule is C[C@@](C#N)(CCc1ccccc1)O[Si](C)(C)CCl. The van der Waals surface area contributed by atoms with Gasteiger partial charge in [0.05, 0.1) is 6.07 Å². The Morgan fingerprint density at radius 2 is 1.94 bits per heavy atom. The number of halogens is 1. The Morgan fingerprint density at radius 1 is 1.33 bits per heavy atom. The van der Waals surface area contributed by atoms with Gasteiger partial charge in [-0.05, 0) is 38.4 Å². The van der Waals surface area contributed by atoms with Gasteiger partial charge in [-0.1, -0.05) is 30.3 Å². The molecule has 0 aliphatic rings. The van der Waals surface area contributed by atoms with E-state index in [1.54, 1.807) is 0 Å². The van der Waals surface area contributed by atoms with Crippen molar-refractivity contribution in [3.63, 3.8) is 0 Å². The molecule has 0 saturated carbocycles. The zero-order chi connectivity index (χ0) is 13.6. The van der Waals surface area contributed by atoms with Crippen LogP contribution in [0.1, 0.15) is 18.9 Å². The first-order chi connectivity index (χ1) is 8.41. The summed E-state index contributed by atoms with van der Waals surface area (Å²) < 4.78 is 5.99. The Balaban J connectivity index is 2.64. The summed E-state index contributed by atoms with van der Waals surface area (Å²) in [5, 5.41) is 9.33. The number of hydrogen-bond donors (Lipinski definition) is 0. The van der Waals surface area contributed by atoms with Gasteiger partial charge in [-0.25, -0.2) is 0 Å². The van der Waals surface area contributed by atoms with Crippen LogP contribution in [0.5, 0.6) is 0 Å². The van der Waals surface area contributed by atoms with Crippen LogP contribution in [0.2, 0.25) is 13.1 Å². The molecule has 0 aliphatic carbocycles. The zero-order valence-electron chi connectivity index (χ0n) is 11.2. The molecule has 0 N–H and O–H groups in total. The molecule has 18 heavy (non-hydrogen) atoms. The molecule has 1 atom stereocenters. The topological polar surface area (TPSA) is 33.0 Å². The quantitative estimate of drug-likeness (QED) is 0.585. The van der Waals surface area contributed by atoms with Crippen molar-refractivity contribution in [1.82, 2.24) is 0 Å². The number of rotatable bonds is 6. The number of nitrogens with zero attached hydrogens (tertiary/aromatic N) is 1. The summed E-state index contributed by atoms with van der Waals surface area (Å²) in [4.78, 5) is 0. The smallest absolute Gasteiger partial charge is 0.203 e. The first-order valence-corrected chi connectivity index (χ1v) is 9.77. The highest BCUT2D eigenvalue weighted by Gasteiger charge is 2.33. The molecule has 0 amide bonds. The highest BCUT2D eigenvalue weighted by atomic mass is 35.5.